The van der Waals surface area contributed by atoms with Crippen molar-refractivity contribution >= 4 is 11.6 Å². The van der Waals surface area contributed by atoms with Crippen molar-refractivity contribution in [2.24, 2.45) is 0 Å². The summed E-state index contributed by atoms with van der Waals surface area (Å²) in [7, 11) is 5.49. The minimum absolute atomic E-state index is 0.00657. The monoisotopic (exact) mass is 343 g/mol. The first-order valence-corrected chi connectivity index (χ1v) is 7.75. The molecule has 132 valence electrons. The van der Waals surface area contributed by atoms with Crippen LogP contribution in [0.2, 0.25) is 0 Å². The zero-order chi connectivity index (χ0) is 18.4. The predicted octanol–water partition coefficient (Wildman–Crippen LogP) is 2.64. The summed E-state index contributed by atoms with van der Waals surface area (Å²) in [6, 6.07) is 13.2. The van der Waals surface area contributed by atoms with Gasteiger partial charge >= 0.3 is 0 Å². The highest BCUT2D eigenvalue weighted by molar-refractivity contribution is 5.94. The lowest BCUT2D eigenvalue weighted by atomic mass is 10.1. The van der Waals surface area contributed by atoms with Crippen LogP contribution in [0.25, 0.3) is 0 Å². The van der Waals surface area contributed by atoms with E-state index in [1.807, 2.05) is 43.3 Å². The zero-order valence-corrected chi connectivity index (χ0v) is 14.4. The smallest absolute Gasteiger partial charge is 0.269 e. The van der Waals surface area contributed by atoms with Crippen molar-refractivity contribution in [3.8, 4) is 5.75 Å². The zero-order valence-electron chi connectivity index (χ0n) is 14.4. The molecule has 1 atom stereocenters. The number of ether oxygens (including phenoxy) is 1. The van der Waals surface area contributed by atoms with Gasteiger partial charge in [-0.1, -0.05) is 12.1 Å². The third-order valence-electron chi connectivity index (χ3n) is 3.92. The Hall–Kier alpha value is -2.93. The number of amides is 1. The molecule has 0 bridgehead atoms. The van der Waals surface area contributed by atoms with Crippen molar-refractivity contribution in [2.75, 3.05) is 27.7 Å². The average molecular weight is 343 g/mol. The van der Waals surface area contributed by atoms with Crippen molar-refractivity contribution in [1.82, 2.24) is 10.2 Å². The van der Waals surface area contributed by atoms with E-state index in [9.17, 15) is 14.9 Å². The Morgan fingerprint density at radius 2 is 1.76 bits per heavy atom. The summed E-state index contributed by atoms with van der Waals surface area (Å²) in [5, 5.41) is 13.5. The lowest BCUT2D eigenvalue weighted by Gasteiger charge is -2.25. The van der Waals surface area contributed by atoms with Gasteiger partial charge in [0, 0.05) is 24.2 Å². The molecule has 0 saturated carbocycles. The summed E-state index contributed by atoms with van der Waals surface area (Å²) >= 11 is 0. The quantitative estimate of drug-likeness (QED) is 0.617. The van der Waals surface area contributed by atoms with E-state index in [2.05, 4.69) is 5.32 Å². The molecule has 1 amide bonds. The van der Waals surface area contributed by atoms with Gasteiger partial charge in [-0.25, -0.2) is 0 Å². The predicted molar refractivity (Wildman–Crippen MR) is 94.9 cm³/mol. The Balaban J connectivity index is 2.04. The van der Waals surface area contributed by atoms with E-state index >= 15 is 0 Å². The first-order chi connectivity index (χ1) is 11.9. The van der Waals surface area contributed by atoms with Gasteiger partial charge in [0.15, 0.2) is 0 Å². The van der Waals surface area contributed by atoms with Crippen LogP contribution in [0.3, 0.4) is 0 Å². The maximum atomic E-state index is 12.3. The van der Waals surface area contributed by atoms with Crippen LogP contribution in [-0.2, 0) is 0 Å². The fourth-order valence-electron chi connectivity index (χ4n) is 2.45. The van der Waals surface area contributed by atoms with Gasteiger partial charge in [-0.2, -0.15) is 0 Å². The number of nitro benzene ring substituents is 1. The Bertz CT molecular complexity index is 727. The number of hydrogen-bond acceptors (Lipinski definition) is 5. The molecule has 0 aliphatic rings. The van der Waals surface area contributed by atoms with Crippen LogP contribution >= 0.6 is 0 Å². The number of non-ortho nitro benzene ring substituents is 1. The van der Waals surface area contributed by atoms with Crippen molar-refractivity contribution in [1.29, 1.82) is 0 Å². The Labute approximate surface area is 146 Å². The van der Waals surface area contributed by atoms with Crippen molar-refractivity contribution in [3.05, 3.63) is 69.8 Å². The van der Waals surface area contributed by atoms with Gasteiger partial charge in [0.25, 0.3) is 11.6 Å². The summed E-state index contributed by atoms with van der Waals surface area (Å²) in [4.78, 5) is 24.4. The van der Waals surface area contributed by atoms with E-state index in [1.165, 1.54) is 24.3 Å². The highest BCUT2D eigenvalue weighted by Crippen LogP contribution is 2.21. The summed E-state index contributed by atoms with van der Waals surface area (Å²) in [6.45, 7) is 0.412. The molecule has 0 aromatic heterocycles. The molecule has 0 fully saturated rings. The number of benzene rings is 2. The molecule has 7 heteroatoms. The van der Waals surface area contributed by atoms with Crippen LogP contribution in [0.15, 0.2) is 48.5 Å². The number of methoxy groups -OCH3 is 1. The number of carbonyl (C=O) groups is 1. The molecule has 1 N–H and O–H groups in total. The fraction of sp³-hybridized carbons (Fsp3) is 0.278. The number of nitrogens with one attached hydrogen (secondary N) is 1. The highest BCUT2D eigenvalue weighted by Gasteiger charge is 2.16. The first kappa shape index (κ1) is 18.4. The highest BCUT2D eigenvalue weighted by atomic mass is 16.6. The van der Waals surface area contributed by atoms with Gasteiger partial charge in [-0.15, -0.1) is 0 Å². The second-order valence-corrected chi connectivity index (χ2v) is 5.77. The average Bonchev–Trinajstić information content (AvgIpc) is 2.62. The minimum Gasteiger partial charge on any atom is -0.497 e. The second kappa shape index (κ2) is 8.25. The number of nitrogens with zero attached hydrogens (tertiary/aromatic N) is 2. The minimum atomic E-state index is -0.493. The molecular weight excluding hydrogens is 322 g/mol. The Morgan fingerprint density at radius 1 is 1.16 bits per heavy atom. The van der Waals surface area contributed by atoms with Crippen molar-refractivity contribution in [2.45, 2.75) is 6.04 Å². The summed E-state index contributed by atoms with van der Waals surface area (Å²) < 4.78 is 5.16. The molecule has 2 aromatic carbocycles. The van der Waals surface area contributed by atoms with Crippen molar-refractivity contribution in [3.63, 3.8) is 0 Å². The molecule has 0 spiro atoms. The number of nitro groups is 1. The second-order valence-electron chi connectivity index (χ2n) is 5.77. The molecule has 2 aromatic rings. The topological polar surface area (TPSA) is 84.7 Å². The van der Waals surface area contributed by atoms with E-state index < -0.39 is 4.92 Å². The van der Waals surface area contributed by atoms with Gasteiger partial charge in [-0.05, 0) is 43.9 Å². The number of rotatable bonds is 7. The van der Waals surface area contributed by atoms with E-state index in [-0.39, 0.29) is 17.6 Å². The van der Waals surface area contributed by atoms with Gasteiger partial charge in [-0.3, -0.25) is 14.9 Å². The SMILES string of the molecule is COc1ccc(C(CNC(=O)c2ccc([N+](=O)[O-])cc2)N(C)C)cc1. The van der Waals surface area contributed by atoms with Crippen LogP contribution in [0.1, 0.15) is 22.0 Å². The Morgan fingerprint density at radius 3 is 2.24 bits per heavy atom. The molecule has 25 heavy (non-hydrogen) atoms. The lowest BCUT2D eigenvalue weighted by molar-refractivity contribution is -0.384. The normalized spacial score (nSPS) is 11.8. The van der Waals surface area contributed by atoms with E-state index in [1.54, 1.807) is 7.11 Å². The number of hydrogen-bond donors (Lipinski definition) is 1. The molecular formula is C18H21N3O4. The van der Waals surface area contributed by atoms with Crippen LogP contribution in [-0.4, -0.2) is 43.5 Å². The van der Waals surface area contributed by atoms with Crippen molar-refractivity contribution < 1.29 is 14.5 Å². The third kappa shape index (κ3) is 4.77. The largest absolute Gasteiger partial charge is 0.497 e. The van der Waals surface area contributed by atoms with Gasteiger partial charge in [0.05, 0.1) is 18.1 Å². The van der Waals surface area contributed by atoms with Crippen LogP contribution < -0.4 is 10.1 Å². The van der Waals surface area contributed by atoms with E-state index in [0.717, 1.165) is 11.3 Å². The molecule has 2 rings (SSSR count). The maximum Gasteiger partial charge on any atom is 0.269 e. The molecule has 1 unspecified atom stereocenters. The van der Waals surface area contributed by atoms with Crippen LogP contribution in [0, 0.1) is 10.1 Å². The molecule has 0 heterocycles. The third-order valence-corrected chi connectivity index (χ3v) is 3.92. The number of likely N-dealkylation sites (N-methyl/N-ethyl adjacent to an activating group) is 1. The number of carbonyl (C=O) groups excluding carboxylic acids is 1. The molecule has 7 nitrogen and oxygen atoms in total. The molecule has 0 radical (unpaired) electrons. The van der Waals surface area contributed by atoms with E-state index in [4.69, 9.17) is 4.74 Å². The van der Waals surface area contributed by atoms with Gasteiger partial charge in [0.1, 0.15) is 5.75 Å². The Kier molecular flexibility index (Phi) is 6.08. The summed E-state index contributed by atoms with van der Waals surface area (Å²) in [5.41, 5.74) is 1.40. The van der Waals surface area contributed by atoms with Gasteiger partial charge < -0.3 is 15.0 Å². The molecule has 0 aliphatic carbocycles. The maximum absolute atomic E-state index is 12.3. The van der Waals surface area contributed by atoms with E-state index in [0.29, 0.717) is 12.1 Å². The summed E-state index contributed by atoms with van der Waals surface area (Å²) in [5.74, 6) is 0.506. The fourth-order valence-corrected chi connectivity index (χ4v) is 2.45. The summed E-state index contributed by atoms with van der Waals surface area (Å²) in [6.07, 6.45) is 0. The first-order valence-electron chi connectivity index (χ1n) is 7.75. The molecule has 0 saturated heterocycles. The standard InChI is InChI=1S/C18H21N3O4/c1-20(2)17(13-6-10-16(25-3)11-7-13)12-19-18(22)14-4-8-15(9-5-14)21(23)24/h4-11,17H,12H2,1-3H3,(H,19,22). The van der Waals surface area contributed by atoms with Gasteiger partial charge in [0.2, 0.25) is 0 Å². The van der Waals surface area contributed by atoms with Crippen LogP contribution in [0.4, 0.5) is 5.69 Å². The molecule has 0 aliphatic heterocycles. The lowest BCUT2D eigenvalue weighted by Crippen LogP contribution is -2.34. The van der Waals surface area contributed by atoms with Crippen LogP contribution in [0.5, 0.6) is 5.75 Å².